The summed E-state index contributed by atoms with van der Waals surface area (Å²) in [5, 5.41) is 0. The van der Waals surface area contributed by atoms with E-state index in [1.54, 1.807) is 0 Å². The zero-order valence-electron chi connectivity index (χ0n) is 30.6. The van der Waals surface area contributed by atoms with Crippen molar-refractivity contribution in [1.82, 2.24) is 4.90 Å². The fourth-order valence-corrected chi connectivity index (χ4v) is 5.15. The molecular formula is C43H55N5O. The number of rotatable bonds is 11. The Morgan fingerprint density at radius 1 is 0.510 bits per heavy atom. The normalized spacial score (nSPS) is 11.6. The summed E-state index contributed by atoms with van der Waals surface area (Å²) in [5.74, 6) is 0. The number of nitrogens with zero attached hydrogens (tertiary/aromatic N) is 4. The van der Waals surface area contributed by atoms with Crippen LogP contribution < -0.4 is 20.4 Å². The van der Waals surface area contributed by atoms with E-state index in [9.17, 15) is 4.79 Å². The van der Waals surface area contributed by atoms with Gasteiger partial charge in [0.25, 0.3) is 0 Å². The van der Waals surface area contributed by atoms with E-state index in [1.165, 1.54) is 33.6 Å². The molecule has 0 amide bonds. The fraction of sp³-hybridized carbons (Fsp3) is 0.279. The summed E-state index contributed by atoms with van der Waals surface area (Å²) in [6.07, 6.45) is 0.847. The molecule has 0 aliphatic heterocycles. The van der Waals surface area contributed by atoms with Crippen LogP contribution in [0.15, 0.2) is 133 Å². The van der Waals surface area contributed by atoms with E-state index >= 15 is 0 Å². The Kier molecular flexibility index (Phi) is 15.6. The van der Waals surface area contributed by atoms with Crippen molar-refractivity contribution in [2.75, 3.05) is 57.0 Å². The Labute approximate surface area is 295 Å². The minimum absolute atomic E-state index is 0.159. The van der Waals surface area contributed by atoms with E-state index in [1.807, 2.05) is 80.5 Å². The molecule has 2 unspecified atom stereocenters. The van der Waals surface area contributed by atoms with Crippen LogP contribution >= 0.6 is 0 Å². The van der Waals surface area contributed by atoms with Gasteiger partial charge in [0.15, 0.2) is 0 Å². The maximum absolute atomic E-state index is 10.3. The zero-order valence-corrected chi connectivity index (χ0v) is 30.6. The Bertz CT molecular complexity index is 1560. The fourth-order valence-electron chi connectivity index (χ4n) is 5.15. The molecule has 5 aromatic carbocycles. The van der Waals surface area contributed by atoms with Crippen LogP contribution in [0.25, 0.3) is 0 Å². The van der Waals surface area contributed by atoms with Gasteiger partial charge in [-0.3, -0.25) is 9.69 Å². The van der Waals surface area contributed by atoms with Gasteiger partial charge in [-0.25, -0.2) is 0 Å². The number of carbonyl (C=O) groups excluding carboxylic acids is 1. The molecule has 2 N–H and O–H groups in total. The zero-order chi connectivity index (χ0) is 35.8. The second kappa shape index (κ2) is 19.8. The monoisotopic (exact) mass is 657 g/mol. The van der Waals surface area contributed by atoms with Crippen molar-refractivity contribution in [3.8, 4) is 0 Å². The Morgan fingerprint density at radius 2 is 0.857 bits per heavy atom. The van der Waals surface area contributed by atoms with Crippen molar-refractivity contribution >= 4 is 23.3 Å². The van der Waals surface area contributed by atoms with Gasteiger partial charge in [-0.15, -0.1) is 0 Å². The lowest BCUT2D eigenvalue weighted by Gasteiger charge is -2.30. The average molecular weight is 658 g/mol. The van der Waals surface area contributed by atoms with Crippen LogP contribution in [0.3, 0.4) is 0 Å². The summed E-state index contributed by atoms with van der Waals surface area (Å²) in [7, 11) is 12.3. The van der Waals surface area contributed by atoms with Crippen LogP contribution in [0.1, 0.15) is 58.5 Å². The van der Waals surface area contributed by atoms with Crippen LogP contribution in [0.5, 0.6) is 0 Å². The number of benzene rings is 5. The molecule has 0 aliphatic rings. The summed E-state index contributed by atoms with van der Waals surface area (Å²) in [6, 6.07) is 46.6. The van der Waals surface area contributed by atoms with Gasteiger partial charge in [0.1, 0.15) is 6.29 Å². The van der Waals surface area contributed by atoms with E-state index in [4.69, 9.17) is 5.73 Å². The molecule has 0 aliphatic carbocycles. The van der Waals surface area contributed by atoms with Crippen LogP contribution in [0.2, 0.25) is 0 Å². The molecule has 6 nitrogen and oxygen atoms in total. The molecule has 5 aromatic rings. The molecule has 0 fully saturated rings. The van der Waals surface area contributed by atoms with Gasteiger partial charge >= 0.3 is 0 Å². The van der Waals surface area contributed by atoms with Crippen LogP contribution in [0, 0.1) is 0 Å². The molecule has 258 valence electrons. The van der Waals surface area contributed by atoms with E-state index in [2.05, 4.69) is 129 Å². The lowest BCUT2D eigenvalue weighted by atomic mass is 10.0. The number of anilines is 3. The molecule has 49 heavy (non-hydrogen) atoms. The van der Waals surface area contributed by atoms with E-state index < -0.39 is 0 Å². The minimum Gasteiger partial charge on any atom is -0.378 e. The predicted molar refractivity (Wildman–Crippen MR) is 211 cm³/mol. The van der Waals surface area contributed by atoms with Gasteiger partial charge < -0.3 is 20.4 Å². The smallest absolute Gasteiger partial charge is 0.150 e. The maximum atomic E-state index is 10.3. The molecule has 0 radical (unpaired) electrons. The summed E-state index contributed by atoms with van der Waals surface area (Å²) >= 11 is 0. The maximum Gasteiger partial charge on any atom is 0.150 e. The highest BCUT2D eigenvalue weighted by Gasteiger charge is 2.17. The van der Waals surface area contributed by atoms with Crippen molar-refractivity contribution < 1.29 is 4.79 Å². The Hall–Kier alpha value is -4.91. The molecule has 0 bridgehead atoms. The summed E-state index contributed by atoms with van der Waals surface area (Å²) in [4.78, 5) is 19.1. The molecule has 6 heteroatoms. The van der Waals surface area contributed by atoms with Crippen molar-refractivity contribution in [3.05, 3.63) is 161 Å². The SMILES string of the molecule is CC(N)c1ccccc1.CC(c1ccccc1)N(Cc1ccc(N(C)C)cc1)Cc1ccc(N(C)C)cc1.CN(C)c1ccc(C=O)cc1. The third-order valence-electron chi connectivity index (χ3n) is 8.38. The van der Waals surface area contributed by atoms with Crippen molar-refractivity contribution in [2.45, 2.75) is 39.0 Å². The molecule has 0 spiro atoms. The minimum atomic E-state index is 0.159. The van der Waals surface area contributed by atoms with Crippen molar-refractivity contribution in [2.24, 2.45) is 5.73 Å². The van der Waals surface area contributed by atoms with Crippen LogP contribution in [-0.2, 0) is 13.1 Å². The first-order valence-electron chi connectivity index (χ1n) is 16.8. The topological polar surface area (TPSA) is 56.1 Å². The number of carbonyl (C=O) groups is 1. The number of hydrogen-bond acceptors (Lipinski definition) is 6. The Morgan fingerprint density at radius 3 is 1.16 bits per heavy atom. The second-order valence-corrected chi connectivity index (χ2v) is 12.9. The van der Waals surface area contributed by atoms with Crippen LogP contribution in [0.4, 0.5) is 17.1 Å². The number of nitrogens with two attached hydrogens (primary N) is 1. The molecule has 0 saturated heterocycles. The van der Waals surface area contributed by atoms with Gasteiger partial charge in [0, 0.05) is 90.1 Å². The third kappa shape index (κ3) is 12.9. The standard InChI is InChI=1S/C26H33N3.C9H11NO.C8H11N/c1-21(24-9-7-6-8-10-24)29(19-22-11-15-25(16-12-22)27(2)3)20-23-13-17-26(18-14-23)28(4)5;1-10(2)9-5-3-8(7-11)4-6-9;1-7(9)8-5-3-2-4-6-8/h6-18,21H,19-20H2,1-5H3;3-7H,1-2H3;2-7H,9H2,1H3. The molecule has 5 rings (SSSR count). The van der Waals surface area contributed by atoms with Gasteiger partial charge in [-0.05, 0) is 84.6 Å². The predicted octanol–water partition coefficient (Wildman–Crippen LogP) is 8.85. The molecule has 0 aromatic heterocycles. The third-order valence-corrected chi connectivity index (χ3v) is 8.38. The van der Waals surface area contributed by atoms with E-state index in [-0.39, 0.29) is 6.04 Å². The van der Waals surface area contributed by atoms with E-state index in [0.29, 0.717) is 6.04 Å². The van der Waals surface area contributed by atoms with Gasteiger partial charge in [-0.1, -0.05) is 84.9 Å². The van der Waals surface area contributed by atoms with Crippen molar-refractivity contribution in [1.29, 1.82) is 0 Å². The average Bonchev–Trinajstić information content (AvgIpc) is 3.12. The second-order valence-electron chi connectivity index (χ2n) is 12.9. The quantitative estimate of drug-likeness (QED) is 0.143. The van der Waals surface area contributed by atoms with Gasteiger partial charge in [-0.2, -0.15) is 0 Å². The molecular weight excluding hydrogens is 603 g/mol. The lowest BCUT2D eigenvalue weighted by molar-refractivity contribution is 0.112. The highest BCUT2D eigenvalue weighted by atomic mass is 16.1. The molecule has 0 heterocycles. The summed E-state index contributed by atoms with van der Waals surface area (Å²) in [6.45, 7) is 6.12. The van der Waals surface area contributed by atoms with Crippen molar-refractivity contribution in [3.63, 3.8) is 0 Å². The summed E-state index contributed by atoms with van der Waals surface area (Å²) in [5.41, 5.74) is 15.1. The van der Waals surface area contributed by atoms with E-state index in [0.717, 1.165) is 30.6 Å². The molecule has 2 atom stereocenters. The molecule has 0 saturated carbocycles. The van der Waals surface area contributed by atoms with Crippen LogP contribution in [-0.4, -0.2) is 53.5 Å². The highest BCUT2D eigenvalue weighted by Crippen LogP contribution is 2.26. The number of hydrogen-bond donors (Lipinski definition) is 1. The first kappa shape index (κ1) is 38.5. The Balaban J connectivity index is 0.000000263. The highest BCUT2D eigenvalue weighted by molar-refractivity contribution is 5.75. The first-order valence-corrected chi connectivity index (χ1v) is 16.8. The first-order chi connectivity index (χ1) is 23.5. The van der Waals surface area contributed by atoms with Gasteiger partial charge in [0.05, 0.1) is 0 Å². The largest absolute Gasteiger partial charge is 0.378 e. The number of aldehydes is 1. The lowest BCUT2D eigenvalue weighted by Crippen LogP contribution is -2.26. The van der Waals surface area contributed by atoms with Gasteiger partial charge in [0.2, 0.25) is 0 Å². The summed E-state index contributed by atoms with van der Waals surface area (Å²) < 4.78 is 0.